The van der Waals surface area contributed by atoms with E-state index < -0.39 is 5.82 Å². The smallest absolute Gasteiger partial charge is 0.168 e. The number of benzene rings is 1. The number of carbonyl (C=O) groups is 1. The Balaban J connectivity index is 3.05. The summed E-state index contributed by atoms with van der Waals surface area (Å²) < 4.78 is 12.6. The highest BCUT2D eigenvalue weighted by atomic mass is 32.1. The lowest BCUT2D eigenvalue weighted by molar-refractivity contribution is 0.112. The first-order valence-corrected chi connectivity index (χ1v) is 3.85. The number of anilines is 1. The van der Waals surface area contributed by atoms with Crippen LogP contribution in [-0.2, 0) is 0 Å². The summed E-state index contributed by atoms with van der Waals surface area (Å²) in [5.41, 5.74) is 5.79. The number of hydrogen-bond acceptors (Lipinski definition) is 2. The van der Waals surface area contributed by atoms with Crippen LogP contribution in [0.2, 0.25) is 0 Å². The highest BCUT2D eigenvalue weighted by molar-refractivity contribution is 7.80. The molecule has 0 aliphatic rings. The molecule has 68 valence electrons. The first-order valence-electron chi connectivity index (χ1n) is 3.44. The van der Waals surface area contributed by atoms with Crippen LogP contribution in [0.1, 0.15) is 10.4 Å². The Bertz CT molecular complexity index is 354. The van der Waals surface area contributed by atoms with Crippen LogP contribution >= 0.6 is 12.2 Å². The summed E-state index contributed by atoms with van der Waals surface area (Å²) in [5, 5.41) is 2.60. The van der Waals surface area contributed by atoms with Crippen LogP contribution in [0, 0.1) is 5.82 Å². The lowest BCUT2D eigenvalue weighted by Crippen LogP contribution is -2.19. The number of nitrogens with one attached hydrogen (secondary N) is 1. The fourth-order valence-corrected chi connectivity index (χ4v) is 0.988. The largest absolute Gasteiger partial charge is 0.376 e. The first-order chi connectivity index (χ1) is 6.13. The maximum Gasteiger partial charge on any atom is 0.168 e. The molecular formula is C8H7FN2OS. The second-order valence-corrected chi connectivity index (χ2v) is 2.78. The average Bonchev–Trinajstić information content (AvgIpc) is 2.07. The molecule has 0 heterocycles. The molecular weight excluding hydrogens is 191 g/mol. The Hall–Kier alpha value is -1.49. The van der Waals surface area contributed by atoms with Gasteiger partial charge in [-0.15, -0.1) is 0 Å². The van der Waals surface area contributed by atoms with E-state index in [1.807, 2.05) is 0 Å². The van der Waals surface area contributed by atoms with Crippen molar-refractivity contribution >= 4 is 29.3 Å². The van der Waals surface area contributed by atoms with Gasteiger partial charge in [-0.25, -0.2) is 4.39 Å². The summed E-state index contributed by atoms with van der Waals surface area (Å²) in [7, 11) is 0. The topological polar surface area (TPSA) is 55.1 Å². The minimum absolute atomic E-state index is 0.0368. The van der Waals surface area contributed by atoms with Gasteiger partial charge in [-0.1, -0.05) is 0 Å². The third-order valence-electron chi connectivity index (χ3n) is 1.40. The zero-order valence-corrected chi connectivity index (χ0v) is 7.40. The fourth-order valence-electron chi connectivity index (χ4n) is 0.878. The van der Waals surface area contributed by atoms with E-state index in [0.29, 0.717) is 12.0 Å². The summed E-state index contributed by atoms with van der Waals surface area (Å²) in [6.07, 6.45) is 0.531. The molecule has 1 rings (SSSR count). The molecule has 0 amide bonds. The summed E-state index contributed by atoms with van der Waals surface area (Å²) in [6, 6.07) is 3.72. The molecule has 0 aliphatic heterocycles. The molecule has 1 aromatic rings. The summed E-state index contributed by atoms with van der Waals surface area (Å²) in [4.78, 5) is 10.5. The first kappa shape index (κ1) is 9.60. The van der Waals surface area contributed by atoms with Crippen molar-refractivity contribution in [3.05, 3.63) is 29.6 Å². The fraction of sp³-hybridized carbons (Fsp3) is 0. The predicted molar refractivity (Wildman–Crippen MR) is 52.2 cm³/mol. The Morgan fingerprint density at radius 1 is 1.62 bits per heavy atom. The van der Waals surface area contributed by atoms with Gasteiger partial charge in [0.2, 0.25) is 0 Å². The van der Waals surface area contributed by atoms with Gasteiger partial charge in [0, 0.05) is 5.56 Å². The number of halogens is 1. The second-order valence-electron chi connectivity index (χ2n) is 2.34. The Kier molecular flexibility index (Phi) is 2.92. The summed E-state index contributed by atoms with van der Waals surface area (Å²) in [6.45, 7) is 0. The van der Waals surface area contributed by atoms with Gasteiger partial charge < -0.3 is 11.1 Å². The average molecular weight is 198 g/mol. The van der Waals surface area contributed by atoms with Gasteiger partial charge in [-0.3, -0.25) is 4.79 Å². The van der Waals surface area contributed by atoms with Crippen LogP contribution in [0.5, 0.6) is 0 Å². The SMILES string of the molecule is NC(=S)Nc1ccc(F)cc1C=O. The molecule has 0 unspecified atom stereocenters. The number of nitrogens with two attached hydrogens (primary N) is 1. The van der Waals surface area contributed by atoms with Crippen LogP contribution in [0.15, 0.2) is 18.2 Å². The van der Waals surface area contributed by atoms with Crippen molar-refractivity contribution in [1.82, 2.24) is 0 Å². The molecule has 0 aromatic heterocycles. The van der Waals surface area contributed by atoms with Crippen molar-refractivity contribution in [2.24, 2.45) is 5.73 Å². The third-order valence-corrected chi connectivity index (χ3v) is 1.50. The predicted octanol–water partition coefficient (Wildman–Crippen LogP) is 1.29. The third kappa shape index (κ3) is 2.48. The quantitative estimate of drug-likeness (QED) is 0.555. The zero-order valence-electron chi connectivity index (χ0n) is 6.58. The van der Waals surface area contributed by atoms with Crippen molar-refractivity contribution < 1.29 is 9.18 Å². The molecule has 0 spiro atoms. The highest BCUT2D eigenvalue weighted by Gasteiger charge is 2.02. The van der Waals surface area contributed by atoms with Crippen molar-refractivity contribution in [2.75, 3.05) is 5.32 Å². The lowest BCUT2D eigenvalue weighted by atomic mass is 10.2. The Morgan fingerprint density at radius 3 is 2.85 bits per heavy atom. The van der Waals surface area contributed by atoms with Gasteiger partial charge in [0.1, 0.15) is 5.82 Å². The van der Waals surface area contributed by atoms with Crippen LogP contribution < -0.4 is 11.1 Å². The van der Waals surface area contributed by atoms with E-state index in [9.17, 15) is 9.18 Å². The van der Waals surface area contributed by atoms with Crippen LogP contribution in [0.3, 0.4) is 0 Å². The maximum atomic E-state index is 12.6. The van der Waals surface area contributed by atoms with E-state index in [0.717, 1.165) is 6.07 Å². The number of hydrogen-bond donors (Lipinski definition) is 2. The number of thiocarbonyl (C=S) groups is 1. The molecule has 0 fully saturated rings. The summed E-state index contributed by atoms with van der Waals surface area (Å²) in [5.74, 6) is -0.476. The minimum atomic E-state index is -0.476. The van der Waals surface area contributed by atoms with E-state index in [-0.39, 0.29) is 10.7 Å². The second kappa shape index (κ2) is 3.95. The van der Waals surface area contributed by atoms with E-state index in [1.54, 1.807) is 0 Å². The van der Waals surface area contributed by atoms with Gasteiger partial charge in [-0.05, 0) is 30.4 Å². The zero-order chi connectivity index (χ0) is 9.84. The molecule has 0 saturated heterocycles. The van der Waals surface area contributed by atoms with E-state index >= 15 is 0 Å². The van der Waals surface area contributed by atoms with Crippen LogP contribution in [0.25, 0.3) is 0 Å². The van der Waals surface area contributed by atoms with E-state index in [4.69, 9.17) is 5.73 Å². The minimum Gasteiger partial charge on any atom is -0.376 e. The van der Waals surface area contributed by atoms with Crippen molar-refractivity contribution in [3.63, 3.8) is 0 Å². The van der Waals surface area contributed by atoms with Crippen LogP contribution in [-0.4, -0.2) is 11.4 Å². The Labute approximate surface area is 79.7 Å². The normalized spacial score (nSPS) is 9.31. The summed E-state index contributed by atoms with van der Waals surface area (Å²) >= 11 is 4.57. The highest BCUT2D eigenvalue weighted by Crippen LogP contribution is 2.14. The molecule has 3 N–H and O–H groups in total. The lowest BCUT2D eigenvalue weighted by Gasteiger charge is -2.05. The van der Waals surface area contributed by atoms with Gasteiger partial charge >= 0.3 is 0 Å². The monoisotopic (exact) mass is 198 g/mol. The van der Waals surface area contributed by atoms with Crippen molar-refractivity contribution in [2.45, 2.75) is 0 Å². The molecule has 1 aromatic carbocycles. The van der Waals surface area contributed by atoms with E-state index in [2.05, 4.69) is 17.5 Å². The van der Waals surface area contributed by atoms with Crippen molar-refractivity contribution in [1.29, 1.82) is 0 Å². The molecule has 5 heteroatoms. The number of rotatable bonds is 2. The molecule has 13 heavy (non-hydrogen) atoms. The molecule has 0 atom stereocenters. The Morgan fingerprint density at radius 2 is 2.31 bits per heavy atom. The van der Waals surface area contributed by atoms with Crippen LogP contribution in [0.4, 0.5) is 10.1 Å². The number of aldehydes is 1. The number of carbonyl (C=O) groups excluding carboxylic acids is 1. The molecule has 0 radical (unpaired) electrons. The van der Waals surface area contributed by atoms with Gasteiger partial charge in [-0.2, -0.15) is 0 Å². The van der Waals surface area contributed by atoms with Gasteiger partial charge in [0.15, 0.2) is 11.4 Å². The maximum absolute atomic E-state index is 12.6. The van der Waals surface area contributed by atoms with Gasteiger partial charge in [0.05, 0.1) is 5.69 Å². The van der Waals surface area contributed by atoms with Crippen molar-refractivity contribution in [3.8, 4) is 0 Å². The molecule has 0 aliphatic carbocycles. The van der Waals surface area contributed by atoms with Gasteiger partial charge in [0.25, 0.3) is 0 Å². The van der Waals surface area contributed by atoms with E-state index in [1.165, 1.54) is 12.1 Å². The molecule has 0 saturated carbocycles. The molecule has 3 nitrogen and oxygen atoms in total. The molecule has 0 bridgehead atoms. The standard InChI is InChI=1S/C8H7FN2OS/c9-6-1-2-7(11-8(10)13)5(3-6)4-12/h1-4H,(H3,10,11,13).